The summed E-state index contributed by atoms with van der Waals surface area (Å²) in [6.07, 6.45) is 3.89. The molecule has 0 radical (unpaired) electrons. The van der Waals surface area contributed by atoms with E-state index in [2.05, 4.69) is 69.1 Å². The zero-order valence-corrected chi connectivity index (χ0v) is 19.2. The third-order valence-electron chi connectivity index (χ3n) is 5.41. The van der Waals surface area contributed by atoms with E-state index < -0.39 is 0 Å². The number of anilines is 1. The van der Waals surface area contributed by atoms with Crippen LogP contribution in [0.1, 0.15) is 47.6 Å². The summed E-state index contributed by atoms with van der Waals surface area (Å²) in [5.41, 5.74) is 6.59. The molecule has 0 bridgehead atoms. The third kappa shape index (κ3) is 4.83. The molecular formula is C26H27N3OS. The normalized spacial score (nSPS) is 11.3. The van der Waals surface area contributed by atoms with E-state index in [0.29, 0.717) is 18.9 Å². The molecule has 0 atom stereocenters. The van der Waals surface area contributed by atoms with Gasteiger partial charge in [-0.15, -0.1) is 0 Å². The van der Waals surface area contributed by atoms with Gasteiger partial charge in [0.15, 0.2) is 5.13 Å². The van der Waals surface area contributed by atoms with Gasteiger partial charge in [0.2, 0.25) is 5.91 Å². The monoisotopic (exact) mass is 429 g/mol. The molecular weight excluding hydrogens is 402 g/mol. The lowest BCUT2D eigenvalue weighted by atomic mass is 10.0. The Morgan fingerprint density at radius 3 is 2.52 bits per heavy atom. The minimum Gasteiger partial charge on any atom is -0.283 e. The number of hydrogen-bond acceptors (Lipinski definition) is 4. The van der Waals surface area contributed by atoms with Gasteiger partial charge in [0, 0.05) is 12.4 Å². The summed E-state index contributed by atoms with van der Waals surface area (Å²) in [6, 6.07) is 16.5. The molecule has 2 aromatic carbocycles. The second-order valence-electron chi connectivity index (χ2n) is 8.34. The van der Waals surface area contributed by atoms with Crippen LogP contribution in [0, 0.1) is 13.8 Å². The number of carbonyl (C=O) groups is 1. The molecule has 0 aliphatic rings. The third-order valence-corrected chi connectivity index (χ3v) is 6.64. The van der Waals surface area contributed by atoms with Crippen molar-refractivity contribution in [1.82, 2.24) is 9.97 Å². The minimum atomic E-state index is 0.0366. The van der Waals surface area contributed by atoms with Gasteiger partial charge in [-0.25, -0.2) is 4.98 Å². The number of thiazole rings is 1. The van der Waals surface area contributed by atoms with Crippen molar-refractivity contribution in [3.63, 3.8) is 0 Å². The first kappa shape index (κ1) is 21.2. The molecule has 4 rings (SSSR count). The van der Waals surface area contributed by atoms with Gasteiger partial charge in [-0.2, -0.15) is 0 Å². The highest BCUT2D eigenvalue weighted by Crippen LogP contribution is 2.33. The predicted molar refractivity (Wildman–Crippen MR) is 129 cm³/mol. The SMILES string of the molecule is Cc1cc(C)c2sc(N(Cc3cccnc3)C(=O)Cc3ccc(C(C)C)cc3)nc2c1. The van der Waals surface area contributed by atoms with Gasteiger partial charge in [0.05, 0.1) is 23.2 Å². The maximum atomic E-state index is 13.4. The van der Waals surface area contributed by atoms with Crippen LogP contribution in [0.3, 0.4) is 0 Å². The van der Waals surface area contributed by atoms with E-state index in [4.69, 9.17) is 4.98 Å². The van der Waals surface area contributed by atoms with Crippen LogP contribution in [0.4, 0.5) is 5.13 Å². The van der Waals surface area contributed by atoms with Gasteiger partial charge in [0.25, 0.3) is 0 Å². The van der Waals surface area contributed by atoms with E-state index in [9.17, 15) is 4.79 Å². The smallest absolute Gasteiger partial charge is 0.233 e. The molecule has 0 unspecified atom stereocenters. The zero-order valence-electron chi connectivity index (χ0n) is 18.4. The summed E-state index contributed by atoms with van der Waals surface area (Å²) in [4.78, 5) is 24.3. The van der Waals surface area contributed by atoms with Crippen molar-refractivity contribution < 1.29 is 4.79 Å². The molecule has 5 heteroatoms. The van der Waals surface area contributed by atoms with Gasteiger partial charge in [-0.1, -0.05) is 61.6 Å². The quantitative estimate of drug-likeness (QED) is 0.366. The molecule has 0 spiro atoms. The Labute approximate surface area is 187 Å². The van der Waals surface area contributed by atoms with Crippen molar-refractivity contribution >= 4 is 32.6 Å². The van der Waals surface area contributed by atoms with Crippen LogP contribution < -0.4 is 4.90 Å². The second kappa shape index (κ2) is 8.98. The van der Waals surface area contributed by atoms with Gasteiger partial charge in [0.1, 0.15) is 0 Å². The Bertz CT molecular complexity index is 1200. The lowest BCUT2D eigenvalue weighted by Crippen LogP contribution is -2.31. The average molecular weight is 430 g/mol. The largest absolute Gasteiger partial charge is 0.283 e. The number of carbonyl (C=O) groups excluding carboxylic acids is 1. The van der Waals surface area contributed by atoms with E-state index >= 15 is 0 Å². The minimum absolute atomic E-state index is 0.0366. The van der Waals surface area contributed by atoms with Gasteiger partial charge < -0.3 is 0 Å². The summed E-state index contributed by atoms with van der Waals surface area (Å²) in [5, 5.41) is 0.733. The Morgan fingerprint density at radius 1 is 1.06 bits per heavy atom. The standard InChI is InChI=1S/C26H27N3OS/c1-17(2)22-9-7-20(8-10-22)14-24(30)29(16-21-6-5-11-27-15-21)26-28-23-13-18(3)12-19(4)25(23)31-26/h5-13,15,17H,14,16H2,1-4H3. The summed E-state index contributed by atoms with van der Waals surface area (Å²) < 4.78 is 1.13. The summed E-state index contributed by atoms with van der Waals surface area (Å²) in [6.45, 7) is 8.97. The highest BCUT2D eigenvalue weighted by atomic mass is 32.1. The maximum absolute atomic E-state index is 13.4. The van der Waals surface area contributed by atoms with Gasteiger partial charge in [-0.05, 0) is 59.7 Å². The van der Waals surface area contributed by atoms with Crippen LogP contribution in [0.15, 0.2) is 60.9 Å². The van der Waals surface area contributed by atoms with Crippen LogP contribution in [0.25, 0.3) is 10.2 Å². The number of benzene rings is 2. The van der Waals surface area contributed by atoms with Crippen molar-refractivity contribution in [3.05, 3.63) is 88.7 Å². The summed E-state index contributed by atoms with van der Waals surface area (Å²) >= 11 is 1.58. The molecule has 2 aromatic heterocycles. The number of aryl methyl sites for hydroxylation is 2. The number of fused-ring (bicyclic) bond motifs is 1. The molecule has 0 N–H and O–H groups in total. The summed E-state index contributed by atoms with van der Waals surface area (Å²) in [7, 11) is 0. The van der Waals surface area contributed by atoms with Crippen LogP contribution in [-0.2, 0) is 17.8 Å². The van der Waals surface area contributed by atoms with Crippen molar-refractivity contribution in [2.24, 2.45) is 0 Å². The Hall–Kier alpha value is -3.05. The number of rotatable bonds is 6. The lowest BCUT2D eigenvalue weighted by Gasteiger charge is -2.20. The van der Waals surface area contributed by atoms with Crippen LogP contribution >= 0.6 is 11.3 Å². The van der Waals surface area contributed by atoms with Crippen molar-refractivity contribution in [2.75, 3.05) is 4.90 Å². The number of aromatic nitrogens is 2. The maximum Gasteiger partial charge on any atom is 0.233 e. The fourth-order valence-corrected chi connectivity index (χ4v) is 4.74. The van der Waals surface area contributed by atoms with E-state index in [-0.39, 0.29) is 5.91 Å². The number of pyridine rings is 1. The Morgan fingerprint density at radius 2 is 1.84 bits per heavy atom. The molecule has 31 heavy (non-hydrogen) atoms. The van der Waals surface area contributed by atoms with Gasteiger partial charge >= 0.3 is 0 Å². The van der Waals surface area contributed by atoms with Crippen LogP contribution in [0.5, 0.6) is 0 Å². The van der Waals surface area contributed by atoms with E-state index in [0.717, 1.165) is 26.5 Å². The van der Waals surface area contributed by atoms with Crippen molar-refractivity contribution in [3.8, 4) is 0 Å². The van der Waals surface area contributed by atoms with E-state index in [1.807, 2.05) is 12.1 Å². The number of hydrogen-bond donors (Lipinski definition) is 0. The first-order valence-electron chi connectivity index (χ1n) is 10.6. The van der Waals surface area contributed by atoms with Crippen LogP contribution in [-0.4, -0.2) is 15.9 Å². The fraction of sp³-hybridized carbons (Fsp3) is 0.269. The van der Waals surface area contributed by atoms with E-state index in [1.54, 1.807) is 28.6 Å². The molecule has 0 saturated heterocycles. The predicted octanol–water partition coefficient (Wildman–Crippen LogP) is 6.21. The molecule has 158 valence electrons. The molecule has 0 aliphatic heterocycles. The Balaban J connectivity index is 1.67. The van der Waals surface area contributed by atoms with Gasteiger partial charge in [-0.3, -0.25) is 14.7 Å². The topological polar surface area (TPSA) is 46.1 Å². The average Bonchev–Trinajstić information content (AvgIpc) is 3.17. The zero-order chi connectivity index (χ0) is 22.0. The van der Waals surface area contributed by atoms with Crippen molar-refractivity contribution in [2.45, 2.75) is 46.6 Å². The highest BCUT2D eigenvalue weighted by molar-refractivity contribution is 7.22. The van der Waals surface area contributed by atoms with Crippen LogP contribution in [0.2, 0.25) is 0 Å². The molecule has 0 fully saturated rings. The first-order valence-corrected chi connectivity index (χ1v) is 11.4. The number of nitrogens with zero attached hydrogens (tertiary/aromatic N) is 3. The lowest BCUT2D eigenvalue weighted by molar-refractivity contribution is -0.118. The molecule has 4 aromatic rings. The Kier molecular flexibility index (Phi) is 6.14. The molecule has 0 saturated carbocycles. The molecule has 2 heterocycles. The molecule has 0 aliphatic carbocycles. The summed E-state index contributed by atoms with van der Waals surface area (Å²) in [5.74, 6) is 0.510. The molecule has 1 amide bonds. The highest BCUT2D eigenvalue weighted by Gasteiger charge is 2.21. The number of amides is 1. The molecule has 4 nitrogen and oxygen atoms in total. The second-order valence-corrected chi connectivity index (χ2v) is 9.32. The fourth-order valence-electron chi connectivity index (χ4n) is 3.71. The van der Waals surface area contributed by atoms with E-state index in [1.165, 1.54) is 16.7 Å². The first-order chi connectivity index (χ1) is 14.9. The van der Waals surface area contributed by atoms with Crippen molar-refractivity contribution in [1.29, 1.82) is 0 Å².